The van der Waals surface area contributed by atoms with Gasteiger partial charge in [0.05, 0.1) is 5.71 Å². The van der Waals surface area contributed by atoms with Gasteiger partial charge in [-0.2, -0.15) is 13.9 Å². The van der Waals surface area contributed by atoms with E-state index in [1.165, 1.54) is 18.2 Å². The van der Waals surface area contributed by atoms with Gasteiger partial charge >= 0.3 is 6.61 Å². The van der Waals surface area contributed by atoms with Gasteiger partial charge in [0.15, 0.2) is 0 Å². The number of rotatable bonds is 5. The van der Waals surface area contributed by atoms with E-state index in [1.54, 1.807) is 37.3 Å². The quantitative estimate of drug-likeness (QED) is 0.659. The summed E-state index contributed by atoms with van der Waals surface area (Å²) in [5.41, 5.74) is 3.75. The first kappa shape index (κ1) is 16.9. The molecule has 0 fully saturated rings. The van der Waals surface area contributed by atoms with E-state index in [2.05, 4.69) is 15.3 Å². The van der Waals surface area contributed by atoms with E-state index in [-0.39, 0.29) is 5.75 Å². The fourth-order valence-electron chi connectivity index (χ4n) is 1.79. The van der Waals surface area contributed by atoms with Crippen molar-refractivity contribution in [2.45, 2.75) is 13.5 Å². The molecule has 0 atom stereocenters. The topological polar surface area (TPSA) is 50.7 Å². The molecule has 2 aromatic carbocycles. The van der Waals surface area contributed by atoms with Crippen molar-refractivity contribution in [3.05, 3.63) is 64.7 Å². The van der Waals surface area contributed by atoms with Crippen LogP contribution in [0.4, 0.5) is 8.78 Å². The molecular formula is C16H13ClF2N2O2. The molecule has 120 valence electrons. The predicted octanol–water partition coefficient (Wildman–Crippen LogP) is 4.10. The van der Waals surface area contributed by atoms with Gasteiger partial charge in [-0.25, -0.2) is 5.43 Å². The molecule has 0 aliphatic heterocycles. The zero-order valence-corrected chi connectivity index (χ0v) is 12.8. The third kappa shape index (κ3) is 5.03. The first-order chi connectivity index (χ1) is 11.0. The van der Waals surface area contributed by atoms with Crippen molar-refractivity contribution in [3.8, 4) is 5.75 Å². The van der Waals surface area contributed by atoms with Crippen molar-refractivity contribution in [2.24, 2.45) is 5.10 Å². The average molecular weight is 339 g/mol. The maximum Gasteiger partial charge on any atom is 0.387 e. The third-order valence-corrected chi connectivity index (χ3v) is 3.12. The Labute approximate surface area is 136 Å². The third-order valence-electron chi connectivity index (χ3n) is 2.89. The highest BCUT2D eigenvalue weighted by molar-refractivity contribution is 6.30. The highest BCUT2D eigenvalue weighted by Gasteiger charge is 2.07. The summed E-state index contributed by atoms with van der Waals surface area (Å²) in [6, 6.07) is 12.5. The van der Waals surface area contributed by atoms with Crippen LogP contribution in [0.3, 0.4) is 0 Å². The van der Waals surface area contributed by atoms with Crippen LogP contribution in [0.15, 0.2) is 53.6 Å². The number of amides is 1. The van der Waals surface area contributed by atoms with Gasteiger partial charge in [0.2, 0.25) is 0 Å². The summed E-state index contributed by atoms with van der Waals surface area (Å²) in [7, 11) is 0. The van der Waals surface area contributed by atoms with Crippen molar-refractivity contribution in [3.63, 3.8) is 0 Å². The van der Waals surface area contributed by atoms with E-state index in [0.29, 0.717) is 21.9 Å². The normalized spacial score (nSPS) is 11.4. The number of carbonyl (C=O) groups is 1. The molecule has 0 unspecified atom stereocenters. The fourth-order valence-corrected chi connectivity index (χ4v) is 1.98. The van der Waals surface area contributed by atoms with Crippen LogP contribution in [-0.4, -0.2) is 18.2 Å². The van der Waals surface area contributed by atoms with E-state index < -0.39 is 12.5 Å². The summed E-state index contributed by atoms with van der Waals surface area (Å²) in [4.78, 5) is 11.9. The number of ether oxygens (including phenoxy) is 1. The number of hydrogen-bond donors (Lipinski definition) is 1. The Morgan fingerprint density at radius 3 is 2.57 bits per heavy atom. The molecule has 0 heterocycles. The summed E-state index contributed by atoms with van der Waals surface area (Å²) >= 11 is 5.82. The highest BCUT2D eigenvalue weighted by atomic mass is 35.5. The van der Waals surface area contributed by atoms with Gasteiger partial charge in [-0.3, -0.25) is 4.79 Å². The molecule has 2 rings (SSSR count). The standard InChI is InChI=1S/C16H13ClF2N2O2/c1-10(11-4-3-7-14(9-11)23-16(18)19)20-21-15(22)12-5-2-6-13(17)8-12/h2-9,16H,1H3,(H,21,22)/b20-10-. The zero-order chi connectivity index (χ0) is 16.8. The molecule has 0 saturated carbocycles. The Morgan fingerprint density at radius 1 is 1.17 bits per heavy atom. The smallest absolute Gasteiger partial charge is 0.387 e. The molecule has 0 spiro atoms. The van der Waals surface area contributed by atoms with E-state index in [4.69, 9.17) is 11.6 Å². The maximum absolute atomic E-state index is 12.2. The maximum atomic E-state index is 12.2. The van der Waals surface area contributed by atoms with Crippen molar-refractivity contribution >= 4 is 23.2 Å². The molecule has 1 amide bonds. The summed E-state index contributed by atoms with van der Waals surface area (Å²) in [6.07, 6.45) is 0. The van der Waals surface area contributed by atoms with Crippen LogP contribution >= 0.6 is 11.6 Å². The molecule has 7 heteroatoms. The Balaban J connectivity index is 2.09. The van der Waals surface area contributed by atoms with Gasteiger partial charge in [-0.05, 0) is 37.3 Å². The number of hydrazone groups is 1. The van der Waals surface area contributed by atoms with Crippen molar-refractivity contribution in [1.82, 2.24) is 5.43 Å². The number of nitrogens with zero attached hydrogens (tertiary/aromatic N) is 1. The monoisotopic (exact) mass is 338 g/mol. The molecule has 0 bridgehead atoms. The molecule has 1 N–H and O–H groups in total. The van der Waals surface area contributed by atoms with Gasteiger partial charge in [0.1, 0.15) is 5.75 Å². The lowest BCUT2D eigenvalue weighted by Gasteiger charge is -2.07. The lowest BCUT2D eigenvalue weighted by molar-refractivity contribution is -0.0498. The van der Waals surface area contributed by atoms with Crippen LogP contribution < -0.4 is 10.2 Å². The molecule has 0 aliphatic carbocycles. The Hall–Kier alpha value is -2.47. The molecule has 0 saturated heterocycles. The van der Waals surface area contributed by atoms with E-state index >= 15 is 0 Å². The molecule has 0 aromatic heterocycles. The number of alkyl halides is 2. The minimum atomic E-state index is -2.90. The first-order valence-corrected chi connectivity index (χ1v) is 6.99. The van der Waals surface area contributed by atoms with Crippen LogP contribution in [-0.2, 0) is 0 Å². The Morgan fingerprint density at radius 2 is 1.87 bits per heavy atom. The van der Waals surface area contributed by atoms with E-state index in [9.17, 15) is 13.6 Å². The first-order valence-electron chi connectivity index (χ1n) is 6.61. The number of benzene rings is 2. The minimum absolute atomic E-state index is 0.0215. The molecular weight excluding hydrogens is 326 g/mol. The Bertz CT molecular complexity index is 736. The van der Waals surface area contributed by atoms with Crippen LogP contribution in [0.25, 0.3) is 0 Å². The second-order valence-electron chi connectivity index (χ2n) is 4.55. The molecule has 2 aromatic rings. The highest BCUT2D eigenvalue weighted by Crippen LogP contribution is 2.16. The second-order valence-corrected chi connectivity index (χ2v) is 4.99. The molecule has 23 heavy (non-hydrogen) atoms. The van der Waals surface area contributed by atoms with Crippen LogP contribution in [0.2, 0.25) is 5.02 Å². The summed E-state index contributed by atoms with van der Waals surface area (Å²) < 4.78 is 28.7. The summed E-state index contributed by atoms with van der Waals surface area (Å²) in [6.45, 7) is -1.26. The van der Waals surface area contributed by atoms with Gasteiger partial charge < -0.3 is 4.74 Å². The number of halogens is 3. The summed E-state index contributed by atoms with van der Waals surface area (Å²) in [5.74, 6) is -0.403. The minimum Gasteiger partial charge on any atom is -0.435 e. The summed E-state index contributed by atoms with van der Waals surface area (Å²) in [5, 5.41) is 4.39. The van der Waals surface area contributed by atoms with Crippen LogP contribution in [0, 0.1) is 0 Å². The lowest BCUT2D eigenvalue weighted by atomic mass is 10.1. The fraction of sp³-hybridized carbons (Fsp3) is 0.125. The predicted molar refractivity (Wildman–Crippen MR) is 84.2 cm³/mol. The SMILES string of the molecule is C/C(=N/NC(=O)c1cccc(Cl)c1)c1cccc(OC(F)F)c1. The van der Waals surface area contributed by atoms with Gasteiger partial charge in [0, 0.05) is 16.1 Å². The second kappa shape index (κ2) is 7.69. The largest absolute Gasteiger partial charge is 0.435 e. The van der Waals surface area contributed by atoms with Crippen LogP contribution in [0.5, 0.6) is 5.75 Å². The van der Waals surface area contributed by atoms with Crippen LogP contribution in [0.1, 0.15) is 22.8 Å². The van der Waals surface area contributed by atoms with Gasteiger partial charge in [-0.1, -0.05) is 29.8 Å². The average Bonchev–Trinajstić information content (AvgIpc) is 2.52. The molecule has 4 nitrogen and oxygen atoms in total. The molecule has 0 radical (unpaired) electrons. The van der Waals surface area contributed by atoms with Gasteiger partial charge in [-0.15, -0.1) is 0 Å². The number of hydrogen-bond acceptors (Lipinski definition) is 3. The zero-order valence-electron chi connectivity index (χ0n) is 12.1. The lowest BCUT2D eigenvalue weighted by Crippen LogP contribution is -2.19. The number of nitrogens with one attached hydrogen (secondary N) is 1. The molecule has 0 aliphatic rings. The number of carbonyl (C=O) groups excluding carboxylic acids is 1. The van der Waals surface area contributed by atoms with Crippen molar-refractivity contribution in [1.29, 1.82) is 0 Å². The van der Waals surface area contributed by atoms with E-state index in [1.807, 2.05) is 0 Å². The van der Waals surface area contributed by atoms with E-state index in [0.717, 1.165) is 0 Å². The van der Waals surface area contributed by atoms with Gasteiger partial charge in [0.25, 0.3) is 5.91 Å². The van der Waals surface area contributed by atoms with Crippen molar-refractivity contribution in [2.75, 3.05) is 0 Å². The Kier molecular flexibility index (Phi) is 5.65. The van der Waals surface area contributed by atoms with Crippen molar-refractivity contribution < 1.29 is 18.3 Å².